The number of rotatable bonds is 2. The lowest BCUT2D eigenvalue weighted by molar-refractivity contribution is 0.200. The Bertz CT molecular complexity index is 325. The molecule has 0 spiro atoms. The van der Waals surface area contributed by atoms with Gasteiger partial charge in [0.25, 0.3) is 0 Å². The Kier molecular flexibility index (Phi) is 3.11. The number of para-hydroxylation sites is 2. The van der Waals surface area contributed by atoms with Gasteiger partial charge in [-0.3, -0.25) is 0 Å². The van der Waals surface area contributed by atoms with Crippen LogP contribution in [0.15, 0.2) is 24.3 Å². The van der Waals surface area contributed by atoms with Gasteiger partial charge in [-0.05, 0) is 25.5 Å². The van der Waals surface area contributed by atoms with E-state index >= 15 is 0 Å². The number of ether oxygens (including phenoxy) is 1. The highest BCUT2D eigenvalue weighted by molar-refractivity contribution is 5.58. The predicted octanol–water partition coefficient (Wildman–Crippen LogP) is 1.66. The number of aliphatic hydroxyl groups is 1. The van der Waals surface area contributed by atoms with E-state index < -0.39 is 0 Å². The smallest absolute Gasteiger partial charge is 0.142 e. The molecule has 3 heteroatoms. The van der Waals surface area contributed by atoms with Crippen molar-refractivity contribution in [2.45, 2.75) is 19.4 Å². The Hall–Kier alpha value is -1.22. The molecule has 0 fully saturated rings. The van der Waals surface area contributed by atoms with E-state index in [0.29, 0.717) is 6.54 Å². The van der Waals surface area contributed by atoms with Crippen LogP contribution in [-0.2, 0) is 0 Å². The molecule has 0 saturated carbocycles. The van der Waals surface area contributed by atoms with Crippen molar-refractivity contribution in [3.63, 3.8) is 0 Å². The van der Waals surface area contributed by atoms with E-state index in [-0.39, 0.29) is 6.10 Å². The number of aliphatic hydroxyl groups excluding tert-OH is 1. The first kappa shape index (κ1) is 10.3. The van der Waals surface area contributed by atoms with E-state index in [4.69, 9.17) is 4.74 Å². The maximum atomic E-state index is 9.44. The number of β-amino-alcohol motifs (C(OH)–C–C–N with tert-alkyl or cyclic N) is 1. The monoisotopic (exact) mass is 207 g/mol. The zero-order chi connectivity index (χ0) is 10.7. The van der Waals surface area contributed by atoms with Gasteiger partial charge in [-0.25, -0.2) is 0 Å². The van der Waals surface area contributed by atoms with Crippen LogP contribution in [-0.4, -0.2) is 30.9 Å². The predicted molar refractivity (Wildman–Crippen MR) is 60.4 cm³/mol. The maximum absolute atomic E-state index is 9.44. The van der Waals surface area contributed by atoms with E-state index in [1.165, 1.54) is 0 Å². The van der Waals surface area contributed by atoms with Gasteiger partial charge in [0.1, 0.15) is 5.75 Å². The Morgan fingerprint density at radius 1 is 1.47 bits per heavy atom. The van der Waals surface area contributed by atoms with Gasteiger partial charge in [-0.2, -0.15) is 0 Å². The van der Waals surface area contributed by atoms with Crippen molar-refractivity contribution in [3.05, 3.63) is 24.3 Å². The molecule has 0 amide bonds. The molecule has 0 bridgehead atoms. The fourth-order valence-electron chi connectivity index (χ4n) is 1.91. The van der Waals surface area contributed by atoms with Gasteiger partial charge in [0.2, 0.25) is 0 Å². The molecule has 1 aromatic rings. The summed E-state index contributed by atoms with van der Waals surface area (Å²) in [4.78, 5) is 2.19. The fourth-order valence-corrected chi connectivity index (χ4v) is 1.91. The third-order valence-corrected chi connectivity index (χ3v) is 2.52. The van der Waals surface area contributed by atoms with Gasteiger partial charge in [0.05, 0.1) is 18.4 Å². The normalized spacial score (nSPS) is 17.6. The first-order chi connectivity index (χ1) is 7.27. The Labute approximate surface area is 90.3 Å². The number of hydrogen-bond acceptors (Lipinski definition) is 3. The highest BCUT2D eigenvalue weighted by Crippen LogP contribution is 2.30. The molecule has 1 aliphatic rings. The summed E-state index contributed by atoms with van der Waals surface area (Å²) in [6, 6.07) is 8.01. The largest absolute Gasteiger partial charge is 0.491 e. The van der Waals surface area contributed by atoms with E-state index in [9.17, 15) is 5.11 Å². The quantitative estimate of drug-likeness (QED) is 0.800. The summed E-state index contributed by atoms with van der Waals surface area (Å²) < 4.78 is 5.64. The molecule has 1 N–H and O–H groups in total. The van der Waals surface area contributed by atoms with Gasteiger partial charge < -0.3 is 14.7 Å². The molecule has 0 radical (unpaired) electrons. The van der Waals surface area contributed by atoms with Gasteiger partial charge in [-0.1, -0.05) is 12.1 Å². The third-order valence-electron chi connectivity index (χ3n) is 2.52. The average molecular weight is 207 g/mol. The molecular formula is C12H17NO2. The van der Waals surface area contributed by atoms with Crippen molar-refractivity contribution in [2.24, 2.45) is 0 Å². The van der Waals surface area contributed by atoms with Gasteiger partial charge >= 0.3 is 0 Å². The summed E-state index contributed by atoms with van der Waals surface area (Å²) in [6.07, 6.45) is 0.692. The van der Waals surface area contributed by atoms with Crippen LogP contribution >= 0.6 is 0 Å². The van der Waals surface area contributed by atoms with E-state index in [2.05, 4.69) is 4.90 Å². The SMILES string of the molecule is C[C@H](O)CN1CCCOc2ccccc21. The molecule has 1 heterocycles. The van der Waals surface area contributed by atoms with Crippen LogP contribution < -0.4 is 9.64 Å². The van der Waals surface area contributed by atoms with Crippen LogP contribution in [0, 0.1) is 0 Å². The van der Waals surface area contributed by atoms with E-state index in [1.54, 1.807) is 0 Å². The summed E-state index contributed by atoms with van der Waals surface area (Å²) in [5.41, 5.74) is 1.09. The van der Waals surface area contributed by atoms with Gasteiger partial charge in [0, 0.05) is 13.1 Å². The number of benzene rings is 1. The van der Waals surface area contributed by atoms with Crippen molar-refractivity contribution in [2.75, 3.05) is 24.6 Å². The number of nitrogens with zero attached hydrogens (tertiary/aromatic N) is 1. The summed E-state index contributed by atoms with van der Waals surface area (Å²) in [5, 5.41) is 9.44. The third kappa shape index (κ3) is 2.42. The molecule has 0 saturated heterocycles. The average Bonchev–Trinajstić information content (AvgIpc) is 2.41. The summed E-state index contributed by atoms with van der Waals surface area (Å²) in [5.74, 6) is 0.927. The van der Waals surface area contributed by atoms with Crippen LogP contribution in [0.5, 0.6) is 5.75 Å². The zero-order valence-electron chi connectivity index (χ0n) is 9.02. The van der Waals surface area contributed by atoms with Gasteiger partial charge in [0.15, 0.2) is 0 Å². The standard InChI is InChI=1S/C12H17NO2/c1-10(14)9-13-7-4-8-15-12-6-3-2-5-11(12)13/h2-3,5-6,10,14H,4,7-9H2,1H3/t10-/m0/s1. The highest BCUT2D eigenvalue weighted by Gasteiger charge is 2.16. The van der Waals surface area contributed by atoms with Crippen LogP contribution in [0.4, 0.5) is 5.69 Å². The molecule has 3 nitrogen and oxygen atoms in total. The second-order valence-electron chi connectivity index (χ2n) is 3.96. The molecule has 0 aromatic heterocycles. The molecule has 1 aliphatic heterocycles. The van der Waals surface area contributed by atoms with E-state index in [0.717, 1.165) is 31.0 Å². The molecule has 2 rings (SSSR count). The minimum Gasteiger partial charge on any atom is -0.491 e. The topological polar surface area (TPSA) is 32.7 Å². The highest BCUT2D eigenvalue weighted by atomic mass is 16.5. The van der Waals surface area contributed by atoms with Crippen LogP contribution in [0.2, 0.25) is 0 Å². The number of hydrogen-bond donors (Lipinski definition) is 1. The minimum absolute atomic E-state index is 0.309. The fraction of sp³-hybridized carbons (Fsp3) is 0.500. The Morgan fingerprint density at radius 3 is 3.07 bits per heavy atom. The lowest BCUT2D eigenvalue weighted by Crippen LogP contribution is -2.31. The van der Waals surface area contributed by atoms with Crippen molar-refractivity contribution >= 4 is 5.69 Å². The molecule has 0 unspecified atom stereocenters. The van der Waals surface area contributed by atoms with E-state index in [1.807, 2.05) is 31.2 Å². The number of fused-ring (bicyclic) bond motifs is 1. The molecule has 1 aromatic carbocycles. The lowest BCUT2D eigenvalue weighted by Gasteiger charge is -2.24. The van der Waals surface area contributed by atoms with Crippen molar-refractivity contribution < 1.29 is 9.84 Å². The Balaban J connectivity index is 2.24. The van der Waals surface area contributed by atoms with Crippen LogP contribution in [0.3, 0.4) is 0 Å². The molecule has 1 atom stereocenters. The summed E-state index contributed by atoms with van der Waals surface area (Å²) in [7, 11) is 0. The zero-order valence-corrected chi connectivity index (χ0v) is 9.02. The second-order valence-corrected chi connectivity index (χ2v) is 3.96. The minimum atomic E-state index is -0.309. The first-order valence-corrected chi connectivity index (χ1v) is 5.42. The van der Waals surface area contributed by atoms with Crippen LogP contribution in [0.1, 0.15) is 13.3 Å². The number of anilines is 1. The molecule has 82 valence electrons. The Morgan fingerprint density at radius 2 is 2.27 bits per heavy atom. The summed E-state index contributed by atoms with van der Waals surface area (Å²) >= 11 is 0. The van der Waals surface area contributed by atoms with Crippen molar-refractivity contribution in [3.8, 4) is 5.75 Å². The molecule has 0 aliphatic carbocycles. The molecular weight excluding hydrogens is 190 g/mol. The van der Waals surface area contributed by atoms with Gasteiger partial charge in [-0.15, -0.1) is 0 Å². The molecule has 15 heavy (non-hydrogen) atoms. The van der Waals surface area contributed by atoms with Crippen molar-refractivity contribution in [1.29, 1.82) is 0 Å². The first-order valence-electron chi connectivity index (χ1n) is 5.42. The maximum Gasteiger partial charge on any atom is 0.142 e. The summed E-state index contributed by atoms with van der Waals surface area (Å²) in [6.45, 7) is 4.18. The second kappa shape index (κ2) is 4.53. The van der Waals surface area contributed by atoms with Crippen molar-refractivity contribution in [1.82, 2.24) is 0 Å². The van der Waals surface area contributed by atoms with Crippen LogP contribution in [0.25, 0.3) is 0 Å². The lowest BCUT2D eigenvalue weighted by atomic mass is 10.2.